The van der Waals surface area contributed by atoms with E-state index in [4.69, 9.17) is 0 Å². The van der Waals surface area contributed by atoms with Gasteiger partial charge in [0.2, 0.25) is 0 Å². The molecule has 1 unspecified atom stereocenters. The number of nitrogens with zero attached hydrogens (tertiary/aromatic N) is 1. The molecule has 1 heterocycles. The minimum absolute atomic E-state index is 0.182. The van der Waals surface area contributed by atoms with Gasteiger partial charge >= 0.3 is 0 Å². The minimum Gasteiger partial charge on any atom is -0.301 e. The van der Waals surface area contributed by atoms with Crippen molar-refractivity contribution in [2.45, 2.75) is 10.9 Å². The Balaban J connectivity index is 2.03. The van der Waals surface area contributed by atoms with E-state index in [1.807, 2.05) is 48.5 Å². The largest absolute Gasteiger partial charge is 0.301 e. The van der Waals surface area contributed by atoms with Crippen LogP contribution in [0.5, 0.6) is 0 Å². The molecule has 1 aliphatic rings. The van der Waals surface area contributed by atoms with Crippen molar-refractivity contribution in [3.8, 4) is 0 Å². The van der Waals surface area contributed by atoms with Gasteiger partial charge < -0.3 is 4.79 Å². The number of para-hydroxylation sites is 1. The van der Waals surface area contributed by atoms with Crippen molar-refractivity contribution in [2.75, 3.05) is 4.31 Å². The molecule has 3 heteroatoms. The zero-order valence-electron chi connectivity index (χ0n) is 9.11. The smallest absolute Gasteiger partial charge is 0.148 e. The lowest BCUT2D eigenvalue weighted by atomic mass is 10.1. The van der Waals surface area contributed by atoms with Crippen LogP contribution in [0.15, 0.2) is 59.5 Å². The summed E-state index contributed by atoms with van der Waals surface area (Å²) in [5, 5.41) is 0. The molecule has 3 rings (SSSR count). The molecule has 0 spiro atoms. The summed E-state index contributed by atoms with van der Waals surface area (Å²) in [5.41, 5.74) is 2.15. The van der Waals surface area contributed by atoms with Crippen LogP contribution in [0.1, 0.15) is 11.6 Å². The Kier molecular flexibility index (Phi) is 2.61. The predicted molar refractivity (Wildman–Crippen MR) is 70.0 cm³/mol. The van der Waals surface area contributed by atoms with Crippen LogP contribution in [0.3, 0.4) is 0 Å². The van der Waals surface area contributed by atoms with Crippen LogP contribution in [-0.4, -0.2) is 6.29 Å². The van der Waals surface area contributed by atoms with E-state index < -0.39 is 0 Å². The number of fused-ring (bicyclic) bond motifs is 1. The lowest BCUT2D eigenvalue weighted by Gasteiger charge is -2.20. The summed E-state index contributed by atoms with van der Waals surface area (Å²) in [6, 6.07) is 17.9. The van der Waals surface area contributed by atoms with E-state index in [9.17, 15) is 4.79 Å². The van der Waals surface area contributed by atoms with Crippen molar-refractivity contribution < 1.29 is 4.79 Å². The average molecular weight is 241 g/mol. The molecule has 1 atom stereocenters. The fraction of sp³-hybridized carbons (Fsp3) is 0.0714. The van der Waals surface area contributed by atoms with Gasteiger partial charge in [0, 0.05) is 10.6 Å². The molecule has 0 aliphatic carbocycles. The van der Waals surface area contributed by atoms with Crippen molar-refractivity contribution in [1.29, 1.82) is 0 Å². The Morgan fingerprint density at radius 1 is 1.00 bits per heavy atom. The van der Waals surface area contributed by atoms with E-state index in [0.29, 0.717) is 0 Å². The maximum atomic E-state index is 11.3. The van der Waals surface area contributed by atoms with Gasteiger partial charge in [0.1, 0.15) is 12.3 Å². The number of benzene rings is 2. The van der Waals surface area contributed by atoms with Crippen molar-refractivity contribution in [2.24, 2.45) is 0 Å². The second-order valence-electron chi connectivity index (χ2n) is 3.87. The lowest BCUT2D eigenvalue weighted by Crippen LogP contribution is -2.17. The third kappa shape index (κ3) is 1.72. The molecule has 0 saturated carbocycles. The number of aldehydes is 1. The molecule has 84 valence electrons. The van der Waals surface area contributed by atoms with Gasteiger partial charge in [-0.3, -0.25) is 4.31 Å². The standard InChI is InChI=1S/C14H11NOS/c16-10-13-12-8-4-5-9-14(12)17-15(13)11-6-2-1-3-7-11/h1-10,13H. The van der Waals surface area contributed by atoms with Crippen LogP contribution in [0.2, 0.25) is 0 Å². The average Bonchev–Trinajstić information content (AvgIpc) is 2.78. The van der Waals surface area contributed by atoms with E-state index in [0.717, 1.165) is 22.4 Å². The molecule has 0 bridgehead atoms. The van der Waals surface area contributed by atoms with Gasteiger partial charge in [0.05, 0.1) is 0 Å². The van der Waals surface area contributed by atoms with Crippen molar-refractivity contribution in [3.05, 3.63) is 60.2 Å². The van der Waals surface area contributed by atoms with E-state index in [-0.39, 0.29) is 6.04 Å². The summed E-state index contributed by atoms with van der Waals surface area (Å²) in [6.45, 7) is 0. The van der Waals surface area contributed by atoms with E-state index >= 15 is 0 Å². The molecule has 1 aliphatic heterocycles. The first kappa shape index (κ1) is 10.4. The summed E-state index contributed by atoms with van der Waals surface area (Å²) in [7, 11) is 0. The SMILES string of the molecule is O=CC1c2ccccc2SN1c1ccccc1. The Morgan fingerprint density at radius 3 is 2.47 bits per heavy atom. The first-order chi connectivity index (χ1) is 8.40. The highest BCUT2D eigenvalue weighted by Gasteiger charge is 2.30. The highest BCUT2D eigenvalue weighted by Crippen LogP contribution is 2.45. The third-order valence-electron chi connectivity index (χ3n) is 2.83. The van der Waals surface area contributed by atoms with Crippen LogP contribution in [0.25, 0.3) is 0 Å². The van der Waals surface area contributed by atoms with Gasteiger partial charge in [-0.2, -0.15) is 0 Å². The van der Waals surface area contributed by atoms with Crippen molar-refractivity contribution in [3.63, 3.8) is 0 Å². The monoisotopic (exact) mass is 241 g/mol. The second-order valence-corrected chi connectivity index (χ2v) is 4.89. The van der Waals surface area contributed by atoms with Crippen molar-refractivity contribution >= 4 is 23.9 Å². The topological polar surface area (TPSA) is 20.3 Å². The number of hydrogen-bond acceptors (Lipinski definition) is 3. The molecule has 2 nitrogen and oxygen atoms in total. The van der Waals surface area contributed by atoms with Gasteiger partial charge in [0.15, 0.2) is 0 Å². The second kappa shape index (κ2) is 4.26. The molecule has 2 aromatic rings. The normalized spacial score (nSPS) is 17.9. The number of anilines is 1. The maximum Gasteiger partial charge on any atom is 0.148 e. The van der Waals surface area contributed by atoms with E-state index in [1.165, 1.54) is 0 Å². The zero-order chi connectivity index (χ0) is 11.7. The summed E-state index contributed by atoms with van der Waals surface area (Å²) in [6.07, 6.45) is 1.01. The molecule has 17 heavy (non-hydrogen) atoms. The molecule has 0 aromatic heterocycles. The van der Waals surface area contributed by atoms with Crippen LogP contribution < -0.4 is 4.31 Å². The van der Waals surface area contributed by atoms with Crippen LogP contribution in [0.4, 0.5) is 5.69 Å². The van der Waals surface area contributed by atoms with E-state index in [2.05, 4.69) is 10.4 Å². The fourth-order valence-corrected chi connectivity index (χ4v) is 3.16. The molecular weight excluding hydrogens is 230 g/mol. The minimum atomic E-state index is -0.182. The Hall–Kier alpha value is -1.74. The van der Waals surface area contributed by atoms with Crippen LogP contribution in [-0.2, 0) is 4.79 Å². The highest BCUT2D eigenvalue weighted by molar-refractivity contribution is 8.01. The summed E-state index contributed by atoms with van der Waals surface area (Å²) < 4.78 is 2.05. The van der Waals surface area contributed by atoms with Crippen molar-refractivity contribution in [1.82, 2.24) is 0 Å². The molecule has 0 radical (unpaired) electrons. The van der Waals surface area contributed by atoms with E-state index in [1.54, 1.807) is 11.9 Å². The number of hydrogen-bond donors (Lipinski definition) is 0. The summed E-state index contributed by atoms with van der Waals surface area (Å²) in [4.78, 5) is 12.5. The first-order valence-electron chi connectivity index (χ1n) is 5.46. The Morgan fingerprint density at radius 2 is 1.71 bits per heavy atom. The van der Waals surface area contributed by atoms with Gasteiger partial charge in [-0.15, -0.1) is 0 Å². The first-order valence-corrected chi connectivity index (χ1v) is 6.24. The maximum absolute atomic E-state index is 11.3. The molecular formula is C14H11NOS. The number of rotatable bonds is 2. The predicted octanol–water partition coefficient (Wildman–Crippen LogP) is 3.45. The fourth-order valence-electron chi connectivity index (χ4n) is 2.01. The molecule has 0 fully saturated rings. The van der Waals surface area contributed by atoms with Gasteiger partial charge in [-0.05, 0) is 35.7 Å². The Labute approximate surface area is 104 Å². The third-order valence-corrected chi connectivity index (χ3v) is 4.03. The van der Waals surface area contributed by atoms with Gasteiger partial charge in [-0.1, -0.05) is 36.4 Å². The number of carbonyl (C=O) groups is 1. The lowest BCUT2D eigenvalue weighted by molar-refractivity contribution is -0.108. The number of carbonyl (C=O) groups excluding carboxylic acids is 1. The van der Waals surface area contributed by atoms with Crippen LogP contribution >= 0.6 is 11.9 Å². The van der Waals surface area contributed by atoms with Crippen LogP contribution in [0, 0.1) is 0 Å². The van der Waals surface area contributed by atoms with Gasteiger partial charge in [-0.25, -0.2) is 0 Å². The zero-order valence-corrected chi connectivity index (χ0v) is 9.93. The van der Waals surface area contributed by atoms with Gasteiger partial charge in [0.25, 0.3) is 0 Å². The molecule has 0 N–H and O–H groups in total. The molecule has 0 saturated heterocycles. The highest BCUT2D eigenvalue weighted by atomic mass is 32.2. The molecule has 2 aromatic carbocycles. The Bertz CT molecular complexity index is 541. The summed E-state index contributed by atoms with van der Waals surface area (Å²) >= 11 is 1.62. The molecule has 0 amide bonds. The summed E-state index contributed by atoms with van der Waals surface area (Å²) in [5.74, 6) is 0. The quantitative estimate of drug-likeness (QED) is 0.593.